The van der Waals surface area contributed by atoms with Crippen LogP contribution in [0, 0.1) is 5.82 Å². The summed E-state index contributed by atoms with van der Waals surface area (Å²) in [6.07, 6.45) is -0.911. The highest BCUT2D eigenvalue weighted by atomic mass is 19.4. The van der Waals surface area contributed by atoms with Gasteiger partial charge in [-0.2, -0.15) is 13.2 Å². The number of ketones is 1. The lowest BCUT2D eigenvalue weighted by molar-refractivity contribution is -0.137. The zero-order valence-electron chi connectivity index (χ0n) is 19.6. The largest absolute Gasteiger partial charge is 0.417 e. The zero-order chi connectivity index (χ0) is 27.0. The number of carbonyl (C=O) groups is 2. The summed E-state index contributed by atoms with van der Waals surface area (Å²) in [4.78, 5) is 37.4. The number of alkyl halides is 3. The van der Waals surface area contributed by atoms with Crippen LogP contribution in [0.25, 0.3) is 28.3 Å². The molecule has 5 aromatic rings. The summed E-state index contributed by atoms with van der Waals surface area (Å²) >= 11 is 0. The van der Waals surface area contributed by atoms with Gasteiger partial charge in [0.25, 0.3) is 5.91 Å². The Hall–Kier alpha value is -4.93. The Morgan fingerprint density at radius 2 is 1.66 bits per heavy atom. The maximum absolute atomic E-state index is 15.0. The molecule has 38 heavy (non-hydrogen) atoms. The molecule has 0 aliphatic heterocycles. The highest BCUT2D eigenvalue weighted by molar-refractivity contribution is 6.07. The van der Waals surface area contributed by atoms with Gasteiger partial charge in [0, 0.05) is 35.3 Å². The number of amides is 1. The van der Waals surface area contributed by atoms with Crippen LogP contribution in [0.3, 0.4) is 0 Å². The number of nitrogens with zero attached hydrogens (tertiary/aromatic N) is 4. The van der Waals surface area contributed by atoms with Crippen molar-refractivity contribution in [1.29, 1.82) is 0 Å². The molecule has 5 rings (SSSR count). The Morgan fingerprint density at radius 1 is 0.947 bits per heavy atom. The number of hydrogen-bond acceptors (Lipinski definition) is 5. The average molecular weight is 519 g/mol. The van der Waals surface area contributed by atoms with Crippen molar-refractivity contribution < 1.29 is 27.2 Å². The lowest BCUT2D eigenvalue weighted by atomic mass is 10.0. The van der Waals surface area contributed by atoms with Crippen LogP contribution in [0.5, 0.6) is 0 Å². The molecule has 1 amide bonds. The number of halogens is 4. The lowest BCUT2D eigenvalue weighted by Gasteiger charge is -2.15. The molecule has 0 atom stereocenters. The number of benzene rings is 2. The SMILES string of the molecule is CC(=O)c1ccn2c(NC(=O)c3cc(-c4ncccn4)c(C(F)(F)F)cc3F)c(-c3ccccc3)nc2c1. The van der Waals surface area contributed by atoms with Crippen LogP contribution in [0.2, 0.25) is 0 Å². The molecule has 0 aliphatic rings. The predicted molar refractivity (Wildman–Crippen MR) is 131 cm³/mol. The van der Waals surface area contributed by atoms with Gasteiger partial charge in [-0.1, -0.05) is 30.3 Å². The van der Waals surface area contributed by atoms with Gasteiger partial charge >= 0.3 is 6.18 Å². The predicted octanol–water partition coefficient (Wildman–Crippen LogP) is 6.07. The second kappa shape index (κ2) is 9.51. The third kappa shape index (κ3) is 4.61. The summed E-state index contributed by atoms with van der Waals surface area (Å²) in [6.45, 7) is 1.40. The number of nitrogens with one attached hydrogen (secondary N) is 1. The Labute approximate surface area is 212 Å². The first-order valence-electron chi connectivity index (χ1n) is 11.2. The number of rotatable bonds is 5. The van der Waals surface area contributed by atoms with Crippen molar-refractivity contribution in [2.24, 2.45) is 0 Å². The first-order valence-corrected chi connectivity index (χ1v) is 11.2. The summed E-state index contributed by atoms with van der Waals surface area (Å²) in [7, 11) is 0. The van der Waals surface area contributed by atoms with E-state index in [1.165, 1.54) is 48.1 Å². The van der Waals surface area contributed by atoms with Gasteiger partial charge in [-0.25, -0.2) is 19.3 Å². The summed E-state index contributed by atoms with van der Waals surface area (Å²) in [6, 6.07) is 14.3. The second-order valence-corrected chi connectivity index (χ2v) is 8.28. The minimum Gasteiger partial charge on any atom is -0.306 e. The van der Waals surface area contributed by atoms with Gasteiger partial charge in [0.05, 0.1) is 11.1 Å². The van der Waals surface area contributed by atoms with Gasteiger partial charge in [0.2, 0.25) is 0 Å². The maximum atomic E-state index is 15.0. The summed E-state index contributed by atoms with van der Waals surface area (Å²) in [5.74, 6) is -2.75. The molecule has 0 unspecified atom stereocenters. The summed E-state index contributed by atoms with van der Waals surface area (Å²) < 4.78 is 57.6. The lowest BCUT2D eigenvalue weighted by Crippen LogP contribution is -2.18. The second-order valence-electron chi connectivity index (χ2n) is 8.28. The fourth-order valence-corrected chi connectivity index (χ4v) is 3.96. The number of fused-ring (bicyclic) bond motifs is 1. The van der Waals surface area contributed by atoms with E-state index in [1.54, 1.807) is 30.3 Å². The minimum atomic E-state index is -4.92. The molecule has 3 heterocycles. The molecule has 7 nitrogen and oxygen atoms in total. The fraction of sp³-hybridized carbons (Fsp3) is 0.0741. The Balaban J connectivity index is 1.64. The molecule has 0 spiro atoms. The van der Waals surface area contributed by atoms with E-state index in [1.807, 2.05) is 0 Å². The first kappa shape index (κ1) is 24.8. The zero-order valence-corrected chi connectivity index (χ0v) is 19.6. The van der Waals surface area contributed by atoms with Gasteiger partial charge in [-0.15, -0.1) is 0 Å². The van der Waals surface area contributed by atoms with E-state index in [9.17, 15) is 27.2 Å². The van der Waals surface area contributed by atoms with Crippen molar-refractivity contribution in [1.82, 2.24) is 19.4 Å². The van der Waals surface area contributed by atoms with E-state index in [4.69, 9.17) is 0 Å². The molecule has 0 fully saturated rings. The summed E-state index contributed by atoms with van der Waals surface area (Å²) in [5.41, 5.74) is -0.846. The van der Waals surface area contributed by atoms with Crippen LogP contribution < -0.4 is 5.32 Å². The third-order valence-electron chi connectivity index (χ3n) is 5.78. The quantitative estimate of drug-likeness (QED) is 0.225. The number of carbonyl (C=O) groups excluding carboxylic acids is 2. The molecular weight excluding hydrogens is 502 g/mol. The molecule has 3 aromatic heterocycles. The van der Waals surface area contributed by atoms with E-state index in [2.05, 4.69) is 20.3 Å². The topological polar surface area (TPSA) is 89.2 Å². The number of imidazole rings is 1. The van der Waals surface area contributed by atoms with Crippen LogP contribution in [-0.4, -0.2) is 31.0 Å². The number of anilines is 1. The standard InChI is InChI=1S/C27H17F4N5O2/c1-15(37)17-8-11-36-22(12-17)34-23(16-6-3-2-4-7-16)25(36)35-26(38)19-13-18(24-32-9-5-10-33-24)20(14-21(19)28)27(29,30)31/h2-14H,1H3,(H,35,38). The van der Waals surface area contributed by atoms with Crippen LogP contribution in [0.1, 0.15) is 33.2 Å². The molecular formula is C27H17F4N5O2. The molecule has 0 radical (unpaired) electrons. The molecule has 1 N–H and O–H groups in total. The monoisotopic (exact) mass is 519 g/mol. The smallest absolute Gasteiger partial charge is 0.306 e. The van der Waals surface area contributed by atoms with E-state index < -0.39 is 34.6 Å². The molecule has 0 aliphatic carbocycles. The maximum Gasteiger partial charge on any atom is 0.417 e. The van der Waals surface area contributed by atoms with Crippen molar-refractivity contribution >= 4 is 23.2 Å². The molecule has 0 saturated carbocycles. The fourth-order valence-electron chi connectivity index (χ4n) is 3.96. The Kier molecular flexibility index (Phi) is 6.19. The highest BCUT2D eigenvalue weighted by Gasteiger charge is 2.36. The molecule has 0 bridgehead atoms. The Morgan fingerprint density at radius 3 is 2.32 bits per heavy atom. The van der Waals surface area contributed by atoms with E-state index >= 15 is 0 Å². The summed E-state index contributed by atoms with van der Waals surface area (Å²) in [5, 5.41) is 2.59. The Bertz CT molecular complexity index is 1680. The van der Waals surface area contributed by atoms with Crippen molar-refractivity contribution in [2.45, 2.75) is 13.1 Å². The van der Waals surface area contributed by atoms with Gasteiger partial charge in [-0.3, -0.25) is 14.0 Å². The third-order valence-corrected chi connectivity index (χ3v) is 5.78. The average Bonchev–Trinajstić information content (AvgIpc) is 3.26. The van der Waals surface area contributed by atoms with Crippen LogP contribution in [0.4, 0.5) is 23.4 Å². The highest BCUT2D eigenvalue weighted by Crippen LogP contribution is 2.38. The number of aromatic nitrogens is 4. The van der Waals surface area contributed by atoms with Crippen LogP contribution in [0.15, 0.2) is 79.3 Å². The van der Waals surface area contributed by atoms with Crippen molar-refractivity contribution in [3.05, 3.63) is 102 Å². The molecule has 0 saturated heterocycles. The number of pyridine rings is 1. The number of Topliss-reactive ketones (excluding diaryl/α,β-unsaturated/α-hetero) is 1. The van der Waals surface area contributed by atoms with Gasteiger partial charge < -0.3 is 5.32 Å². The molecule has 2 aromatic carbocycles. The van der Waals surface area contributed by atoms with Gasteiger partial charge in [0.1, 0.15) is 23.0 Å². The number of hydrogen-bond donors (Lipinski definition) is 1. The van der Waals surface area contributed by atoms with Crippen molar-refractivity contribution in [3.63, 3.8) is 0 Å². The molecule has 190 valence electrons. The van der Waals surface area contributed by atoms with E-state index in [0.29, 0.717) is 22.5 Å². The van der Waals surface area contributed by atoms with Crippen LogP contribution in [-0.2, 0) is 6.18 Å². The van der Waals surface area contributed by atoms with Crippen LogP contribution >= 0.6 is 0 Å². The minimum absolute atomic E-state index is 0.142. The van der Waals surface area contributed by atoms with E-state index in [-0.39, 0.29) is 23.5 Å². The van der Waals surface area contributed by atoms with E-state index in [0.717, 1.165) is 6.07 Å². The normalized spacial score (nSPS) is 11.5. The van der Waals surface area contributed by atoms with Crippen molar-refractivity contribution in [2.75, 3.05) is 5.32 Å². The van der Waals surface area contributed by atoms with Gasteiger partial charge in [-0.05, 0) is 37.3 Å². The first-order chi connectivity index (χ1) is 18.1. The van der Waals surface area contributed by atoms with Crippen molar-refractivity contribution in [3.8, 4) is 22.6 Å². The van der Waals surface area contributed by atoms with Gasteiger partial charge in [0.15, 0.2) is 11.6 Å². The molecule has 11 heteroatoms.